The highest BCUT2D eigenvalue weighted by Gasteiger charge is 2.22. The summed E-state index contributed by atoms with van der Waals surface area (Å²) in [5, 5.41) is 4.42. The van der Waals surface area contributed by atoms with Gasteiger partial charge in [-0.3, -0.25) is 0 Å². The number of benzene rings is 1. The third kappa shape index (κ3) is 3.66. The Morgan fingerprint density at radius 2 is 1.85 bits per heavy atom. The molecule has 1 aromatic carbocycles. The zero-order valence-electron chi connectivity index (χ0n) is 15.2. The average Bonchev–Trinajstić information content (AvgIpc) is 2.92. The smallest absolute Gasteiger partial charge is 0.277 e. The highest BCUT2D eigenvalue weighted by molar-refractivity contribution is 5.44. The van der Waals surface area contributed by atoms with Crippen LogP contribution in [-0.4, -0.2) is 25.9 Å². The molecule has 0 aliphatic carbocycles. The van der Waals surface area contributed by atoms with Crippen molar-refractivity contribution in [1.82, 2.24) is 19.7 Å². The van der Waals surface area contributed by atoms with E-state index in [0.717, 1.165) is 12.0 Å². The quantitative estimate of drug-likeness (QED) is 0.661. The maximum atomic E-state index is 14.0. The molecule has 2 aromatic heterocycles. The van der Waals surface area contributed by atoms with E-state index in [9.17, 15) is 4.39 Å². The van der Waals surface area contributed by atoms with Crippen molar-refractivity contribution in [3.05, 3.63) is 53.7 Å². The number of hydrogen-bond acceptors (Lipinski definition) is 5. The molecule has 0 N–H and O–H groups in total. The molecule has 3 aromatic rings. The Balaban J connectivity index is 2.04. The van der Waals surface area contributed by atoms with Crippen LogP contribution in [0.2, 0.25) is 0 Å². The van der Waals surface area contributed by atoms with Gasteiger partial charge in [-0.1, -0.05) is 19.1 Å². The zero-order valence-corrected chi connectivity index (χ0v) is 15.2. The van der Waals surface area contributed by atoms with Gasteiger partial charge >= 0.3 is 0 Å². The molecule has 0 unspecified atom stereocenters. The number of rotatable bonds is 6. The minimum absolute atomic E-state index is 0.103. The Morgan fingerprint density at radius 3 is 2.46 bits per heavy atom. The number of halogens is 1. The van der Waals surface area contributed by atoms with Crippen LogP contribution in [-0.2, 0) is 6.42 Å². The predicted molar refractivity (Wildman–Crippen MR) is 95.5 cm³/mol. The van der Waals surface area contributed by atoms with Crippen molar-refractivity contribution in [2.75, 3.05) is 0 Å². The zero-order chi connectivity index (χ0) is 18.7. The van der Waals surface area contributed by atoms with Crippen molar-refractivity contribution < 1.29 is 13.9 Å². The fourth-order valence-corrected chi connectivity index (χ4v) is 2.35. The number of aryl methyl sites for hydroxylation is 1. The largest absolute Gasteiger partial charge is 0.471 e. The molecular formula is C19H21FN4O2. The molecule has 2 heterocycles. The van der Waals surface area contributed by atoms with Gasteiger partial charge in [0.15, 0.2) is 11.6 Å². The molecule has 0 atom stereocenters. The maximum absolute atomic E-state index is 14.0. The number of nitrogens with zero attached hydrogens (tertiary/aromatic N) is 4. The van der Waals surface area contributed by atoms with Crippen LogP contribution >= 0.6 is 0 Å². The lowest BCUT2D eigenvalue weighted by Gasteiger charge is -2.10. The normalized spacial score (nSPS) is 11.0. The summed E-state index contributed by atoms with van der Waals surface area (Å²) >= 11 is 0. The first-order valence-electron chi connectivity index (χ1n) is 8.49. The van der Waals surface area contributed by atoms with Gasteiger partial charge in [-0.05, 0) is 44.9 Å². The summed E-state index contributed by atoms with van der Waals surface area (Å²) in [6, 6.07) is 6.20. The Morgan fingerprint density at radius 1 is 1.15 bits per heavy atom. The summed E-state index contributed by atoms with van der Waals surface area (Å²) in [6.45, 7) is 7.60. The molecule has 0 saturated carbocycles. The Labute approximate surface area is 151 Å². The van der Waals surface area contributed by atoms with Crippen LogP contribution in [0.25, 0.3) is 5.95 Å². The summed E-state index contributed by atoms with van der Waals surface area (Å²) < 4.78 is 27.1. The lowest BCUT2D eigenvalue weighted by molar-refractivity contribution is 0.222. The molecule has 6 nitrogen and oxygen atoms in total. The molecule has 0 aliphatic rings. The van der Waals surface area contributed by atoms with Crippen LogP contribution in [0.1, 0.15) is 32.0 Å². The summed E-state index contributed by atoms with van der Waals surface area (Å²) in [4.78, 5) is 8.69. The van der Waals surface area contributed by atoms with Crippen molar-refractivity contribution in [1.29, 1.82) is 0 Å². The molecule has 0 radical (unpaired) electrons. The Kier molecular flexibility index (Phi) is 5.16. The topological polar surface area (TPSA) is 62.1 Å². The van der Waals surface area contributed by atoms with Gasteiger partial charge in [-0.15, -0.1) is 5.10 Å². The van der Waals surface area contributed by atoms with Crippen LogP contribution in [0, 0.1) is 12.7 Å². The van der Waals surface area contributed by atoms with Crippen LogP contribution in [0.15, 0.2) is 36.7 Å². The molecule has 26 heavy (non-hydrogen) atoms. The lowest BCUT2D eigenvalue weighted by Crippen LogP contribution is -2.08. The summed E-state index contributed by atoms with van der Waals surface area (Å²) in [5.41, 5.74) is 1.65. The molecule has 0 aliphatic heterocycles. The molecule has 0 saturated heterocycles. The molecule has 0 fully saturated rings. The third-order valence-corrected chi connectivity index (χ3v) is 3.72. The van der Waals surface area contributed by atoms with E-state index in [2.05, 4.69) is 15.1 Å². The monoisotopic (exact) mass is 356 g/mol. The van der Waals surface area contributed by atoms with E-state index in [1.807, 2.05) is 20.8 Å². The van der Waals surface area contributed by atoms with Crippen LogP contribution in [0.3, 0.4) is 0 Å². The van der Waals surface area contributed by atoms with Gasteiger partial charge in [0.1, 0.15) is 0 Å². The van der Waals surface area contributed by atoms with E-state index in [0.29, 0.717) is 17.4 Å². The second-order valence-electron chi connectivity index (χ2n) is 6.08. The van der Waals surface area contributed by atoms with Crippen molar-refractivity contribution in [3.63, 3.8) is 0 Å². The van der Waals surface area contributed by atoms with E-state index in [4.69, 9.17) is 9.47 Å². The average molecular weight is 356 g/mol. The van der Waals surface area contributed by atoms with Crippen LogP contribution in [0.4, 0.5) is 4.39 Å². The minimum Gasteiger partial charge on any atom is -0.471 e. The van der Waals surface area contributed by atoms with Gasteiger partial charge in [-0.25, -0.2) is 14.4 Å². The highest BCUT2D eigenvalue weighted by Crippen LogP contribution is 2.36. The molecule has 7 heteroatoms. The van der Waals surface area contributed by atoms with E-state index >= 15 is 0 Å². The first-order valence-corrected chi connectivity index (χ1v) is 8.49. The Bertz CT molecular complexity index is 891. The lowest BCUT2D eigenvalue weighted by atomic mass is 10.3. The molecular weight excluding hydrogens is 335 g/mol. The minimum atomic E-state index is -0.460. The second-order valence-corrected chi connectivity index (χ2v) is 6.08. The summed E-state index contributed by atoms with van der Waals surface area (Å²) in [7, 11) is 0. The summed E-state index contributed by atoms with van der Waals surface area (Å²) in [6.07, 6.45) is 4.24. The van der Waals surface area contributed by atoms with Gasteiger partial charge < -0.3 is 9.47 Å². The van der Waals surface area contributed by atoms with E-state index < -0.39 is 5.82 Å². The summed E-state index contributed by atoms with van der Waals surface area (Å²) in [5.74, 6) is 0.650. The molecule has 0 amide bonds. The van der Waals surface area contributed by atoms with Gasteiger partial charge in [0.25, 0.3) is 11.8 Å². The van der Waals surface area contributed by atoms with Crippen molar-refractivity contribution in [3.8, 4) is 23.3 Å². The molecule has 3 rings (SSSR count). The van der Waals surface area contributed by atoms with Gasteiger partial charge in [0.2, 0.25) is 5.75 Å². The third-order valence-electron chi connectivity index (χ3n) is 3.72. The van der Waals surface area contributed by atoms with Gasteiger partial charge in [0, 0.05) is 12.4 Å². The standard InChI is InChI=1S/C19H21FN4O2/c1-5-14-10-21-19(22-11-14)24-13(4)17(18(23-24)25-12(2)3)26-16-9-7-6-8-15(16)20/h6-12H,5H2,1-4H3. The fraction of sp³-hybridized carbons (Fsp3) is 0.316. The van der Waals surface area contributed by atoms with Crippen LogP contribution < -0.4 is 9.47 Å². The number of para-hydroxylation sites is 1. The van der Waals surface area contributed by atoms with E-state index in [1.54, 1.807) is 37.5 Å². The van der Waals surface area contributed by atoms with Gasteiger partial charge in [0.05, 0.1) is 11.8 Å². The SMILES string of the molecule is CCc1cnc(-n2nc(OC(C)C)c(Oc3ccccc3F)c2C)nc1. The van der Waals surface area contributed by atoms with Crippen molar-refractivity contribution in [2.24, 2.45) is 0 Å². The maximum Gasteiger partial charge on any atom is 0.277 e. The molecule has 0 spiro atoms. The van der Waals surface area contributed by atoms with E-state index in [-0.39, 0.29) is 17.7 Å². The molecule has 136 valence electrons. The number of aromatic nitrogens is 4. The Hall–Kier alpha value is -2.96. The molecule has 0 bridgehead atoms. The predicted octanol–water partition coefficient (Wildman–Crippen LogP) is 4.25. The highest BCUT2D eigenvalue weighted by atomic mass is 19.1. The van der Waals surface area contributed by atoms with Crippen molar-refractivity contribution >= 4 is 0 Å². The second kappa shape index (κ2) is 7.51. The van der Waals surface area contributed by atoms with Crippen molar-refractivity contribution in [2.45, 2.75) is 40.2 Å². The fourth-order valence-electron chi connectivity index (χ4n) is 2.35. The van der Waals surface area contributed by atoms with Gasteiger partial charge in [-0.2, -0.15) is 4.68 Å². The van der Waals surface area contributed by atoms with E-state index in [1.165, 1.54) is 10.7 Å². The number of hydrogen-bond donors (Lipinski definition) is 0. The first kappa shape index (κ1) is 17.8. The number of ether oxygens (including phenoxy) is 2. The van der Waals surface area contributed by atoms with Crippen LogP contribution in [0.5, 0.6) is 17.4 Å². The first-order chi connectivity index (χ1) is 12.5.